The maximum absolute atomic E-state index is 11.8. The molecule has 0 spiro atoms. The standard InChI is InChI=1S/C12H17NO4/c1-2-13(7-5-12(15)16)11(14)4-3-10-6-8-17-9-10/h6,8-9H,2-5,7H2,1H3,(H,15,16). The van der Waals surface area contributed by atoms with Crippen LogP contribution in [0.15, 0.2) is 23.0 Å². The maximum atomic E-state index is 11.8. The summed E-state index contributed by atoms with van der Waals surface area (Å²) >= 11 is 0. The second-order valence-corrected chi connectivity index (χ2v) is 3.75. The predicted octanol–water partition coefficient (Wildman–Crippen LogP) is 1.54. The first kappa shape index (κ1) is 13.3. The highest BCUT2D eigenvalue weighted by molar-refractivity contribution is 5.77. The van der Waals surface area contributed by atoms with Crippen LogP contribution in [0.4, 0.5) is 0 Å². The van der Waals surface area contributed by atoms with Crippen molar-refractivity contribution >= 4 is 11.9 Å². The van der Waals surface area contributed by atoms with Crippen LogP contribution in [-0.2, 0) is 16.0 Å². The Morgan fingerprint density at radius 2 is 2.18 bits per heavy atom. The fourth-order valence-electron chi connectivity index (χ4n) is 1.53. The molecule has 0 aliphatic carbocycles. The molecular weight excluding hydrogens is 222 g/mol. The van der Waals surface area contributed by atoms with Gasteiger partial charge in [0.1, 0.15) is 0 Å². The van der Waals surface area contributed by atoms with Crippen molar-refractivity contribution in [1.82, 2.24) is 4.90 Å². The largest absolute Gasteiger partial charge is 0.481 e. The minimum atomic E-state index is -0.883. The van der Waals surface area contributed by atoms with E-state index in [4.69, 9.17) is 9.52 Å². The second kappa shape index (κ2) is 6.73. The summed E-state index contributed by atoms with van der Waals surface area (Å²) < 4.78 is 4.91. The van der Waals surface area contributed by atoms with E-state index in [1.165, 1.54) is 0 Å². The van der Waals surface area contributed by atoms with Crippen LogP contribution in [0, 0.1) is 0 Å². The SMILES string of the molecule is CCN(CCC(=O)O)C(=O)CCc1ccoc1. The molecule has 0 radical (unpaired) electrons. The van der Waals surface area contributed by atoms with Crippen molar-refractivity contribution in [3.63, 3.8) is 0 Å². The van der Waals surface area contributed by atoms with Gasteiger partial charge in [-0.05, 0) is 25.0 Å². The zero-order chi connectivity index (χ0) is 12.7. The average Bonchev–Trinajstić information content (AvgIpc) is 2.79. The Balaban J connectivity index is 2.35. The molecule has 0 bridgehead atoms. The third-order valence-corrected chi connectivity index (χ3v) is 2.54. The van der Waals surface area contributed by atoms with Crippen molar-refractivity contribution < 1.29 is 19.1 Å². The molecule has 0 atom stereocenters. The van der Waals surface area contributed by atoms with Crippen LogP contribution in [-0.4, -0.2) is 35.0 Å². The van der Waals surface area contributed by atoms with Gasteiger partial charge >= 0.3 is 5.97 Å². The van der Waals surface area contributed by atoms with Gasteiger partial charge in [0.05, 0.1) is 18.9 Å². The molecule has 5 heteroatoms. The molecule has 0 aromatic carbocycles. The number of carboxylic acid groups (broad SMARTS) is 1. The fourth-order valence-corrected chi connectivity index (χ4v) is 1.53. The smallest absolute Gasteiger partial charge is 0.305 e. The summed E-state index contributed by atoms with van der Waals surface area (Å²) in [6, 6.07) is 1.82. The van der Waals surface area contributed by atoms with Crippen molar-refractivity contribution in [3.05, 3.63) is 24.2 Å². The van der Waals surface area contributed by atoms with E-state index in [1.54, 1.807) is 17.4 Å². The Morgan fingerprint density at radius 1 is 1.41 bits per heavy atom. The summed E-state index contributed by atoms with van der Waals surface area (Å²) in [5.74, 6) is -0.902. The molecule has 17 heavy (non-hydrogen) atoms. The summed E-state index contributed by atoms with van der Waals surface area (Å²) in [5, 5.41) is 8.57. The third kappa shape index (κ3) is 4.72. The number of hydrogen-bond donors (Lipinski definition) is 1. The van der Waals surface area contributed by atoms with Gasteiger partial charge in [0.25, 0.3) is 0 Å². The number of furan rings is 1. The van der Waals surface area contributed by atoms with Crippen molar-refractivity contribution in [1.29, 1.82) is 0 Å². The van der Waals surface area contributed by atoms with Crippen molar-refractivity contribution in [2.75, 3.05) is 13.1 Å². The van der Waals surface area contributed by atoms with E-state index < -0.39 is 5.97 Å². The van der Waals surface area contributed by atoms with Gasteiger partial charge in [0.2, 0.25) is 5.91 Å². The highest BCUT2D eigenvalue weighted by atomic mass is 16.4. The number of carbonyl (C=O) groups is 2. The molecule has 1 rings (SSSR count). The lowest BCUT2D eigenvalue weighted by Crippen LogP contribution is -2.32. The summed E-state index contributed by atoms with van der Waals surface area (Å²) in [7, 11) is 0. The Bertz CT molecular complexity index is 359. The molecule has 1 N–H and O–H groups in total. The molecule has 0 aliphatic rings. The molecule has 1 aromatic rings. The predicted molar refractivity (Wildman–Crippen MR) is 61.5 cm³/mol. The molecule has 0 saturated carbocycles. The van der Waals surface area contributed by atoms with E-state index >= 15 is 0 Å². The van der Waals surface area contributed by atoms with E-state index in [-0.39, 0.29) is 18.9 Å². The number of hydrogen-bond acceptors (Lipinski definition) is 3. The monoisotopic (exact) mass is 239 g/mol. The highest BCUT2D eigenvalue weighted by Crippen LogP contribution is 2.06. The lowest BCUT2D eigenvalue weighted by atomic mass is 10.2. The van der Waals surface area contributed by atoms with E-state index in [9.17, 15) is 9.59 Å². The number of aryl methyl sites for hydroxylation is 1. The van der Waals surface area contributed by atoms with E-state index in [0.717, 1.165) is 5.56 Å². The Labute approximate surface area is 100 Å². The number of nitrogens with zero attached hydrogens (tertiary/aromatic N) is 1. The van der Waals surface area contributed by atoms with Gasteiger partial charge in [-0.2, -0.15) is 0 Å². The third-order valence-electron chi connectivity index (χ3n) is 2.54. The van der Waals surface area contributed by atoms with Gasteiger partial charge < -0.3 is 14.4 Å². The maximum Gasteiger partial charge on any atom is 0.305 e. The van der Waals surface area contributed by atoms with Crippen molar-refractivity contribution in [2.45, 2.75) is 26.2 Å². The van der Waals surface area contributed by atoms with Gasteiger partial charge in [0, 0.05) is 19.5 Å². The number of rotatable bonds is 7. The van der Waals surface area contributed by atoms with Gasteiger partial charge in [0.15, 0.2) is 0 Å². The highest BCUT2D eigenvalue weighted by Gasteiger charge is 2.12. The van der Waals surface area contributed by atoms with E-state index in [1.807, 2.05) is 13.0 Å². The fraction of sp³-hybridized carbons (Fsp3) is 0.500. The Morgan fingerprint density at radius 3 is 2.71 bits per heavy atom. The first-order valence-electron chi connectivity index (χ1n) is 5.64. The van der Waals surface area contributed by atoms with Crippen LogP contribution in [0.3, 0.4) is 0 Å². The molecule has 5 nitrogen and oxygen atoms in total. The Kier molecular flexibility index (Phi) is 5.26. The lowest BCUT2D eigenvalue weighted by molar-refractivity contribution is -0.138. The minimum Gasteiger partial charge on any atom is -0.481 e. The second-order valence-electron chi connectivity index (χ2n) is 3.75. The minimum absolute atomic E-state index is 0.00864. The van der Waals surface area contributed by atoms with Crippen molar-refractivity contribution in [2.24, 2.45) is 0 Å². The summed E-state index contributed by atoms with van der Waals surface area (Å²) in [4.78, 5) is 23.8. The average molecular weight is 239 g/mol. The zero-order valence-corrected chi connectivity index (χ0v) is 9.89. The number of carboxylic acids is 1. The topological polar surface area (TPSA) is 70.8 Å². The molecule has 1 heterocycles. The zero-order valence-electron chi connectivity index (χ0n) is 9.89. The Hall–Kier alpha value is -1.78. The van der Waals surface area contributed by atoms with Crippen LogP contribution in [0.5, 0.6) is 0 Å². The van der Waals surface area contributed by atoms with Gasteiger partial charge in [-0.25, -0.2) is 0 Å². The van der Waals surface area contributed by atoms with Crippen LogP contribution >= 0.6 is 0 Å². The number of carbonyl (C=O) groups excluding carboxylic acids is 1. The van der Waals surface area contributed by atoms with Gasteiger partial charge in [-0.15, -0.1) is 0 Å². The number of aliphatic carboxylic acids is 1. The first-order valence-corrected chi connectivity index (χ1v) is 5.64. The molecular formula is C12H17NO4. The molecule has 94 valence electrons. The molecule has 0 aliphatic heterocycles. The van der Waals surface area contributed by atoms with E-state index in [2.05, 4.69) is 0 Å². The summed E-state index contributed by atoms with van der Waals surface area (Å²) in [6.45, 7) is 2.66. The summed E-state index contributed by atoms with van der Waals surface area (Å²) in [5.41, 5.74) is 0.979. The molecule has 0 saturated heterocycles. The van der Waals surface area contributed by atoms with Gasteiger partial charge in [-0.1, -0.05) is 0 Å². The van der Waals surface area contributed by atoms with Crippen LogP contribution < -0.4 is 0 Å². The molecule has 1 amide bonds. The lowest BCUT2D eigenvalue weighted by Gasteiger charge is -2.19. The molecule has 0 fully saturated rings. The normalized spacial score (nSPS) is 10.2. The van der Waals surface area contributed by atoms with Crippen LogP contribution in [0.25, 0.3) is 0 Å². The quantitative estimate of drug-likeness (QED) is 0.783. The summed E-state index contributed by atoms with van der Waals surface area (Å²) in [6.07, 6.45) is 4.18. The first-order chi connectivity index (χ1) is 8.13. The van der Waals surface area contributed by atoms with Gasteiger partial charge in [-0.3, -0.25) is 9.59 Å². The molecule has 0 unspecified atom stereocenters. The number of amides is 1. The van der Waals surface area contributed by atoms with Crippen LogP contribution in [0.1, 0.15) is 25.3 Å². The molecule has 1 aromatic heterocycles. The van der Waals surface area contributed by atoms with Crippen LogP contribution in [0.2, 0.25) is 0 Å². The van der Waals surface area contributed by atoms with Crippen molar-refractivity contribution in [3.8, 4) is 0 Å². The van der Waals surface area contributed by atoms with E-state index in [0.29, 0.717) is 19.4 Å².